The van der Waals surface area contributed by atoms with Gasteiger partial charge in [-0.3, -0.25) is 4.98 Å². The summed E-state index contributed by atoms with van der Waals surface area (Å²) in [5, 5.41) is 18.8. The van der Waals surface area contributed by atoms with Gasteiger partial charge in [0.05, 0.1) is 18.6 Å². The molecule has 5 aromatic rings. The predicted octanol–water partition coefficient (Wildman–Crippen LogP) is 8.48. The third kappa shape index (κ3) is 4.38. The lowest BCUT2D eigenvalue weighted by Crippen LogP contribution is -2.67. The van der Waals surface area contributed by atoms with Gasteiger partial charge in [-0.15, -0.1) is 6.58 Å². The third-order valence-electron chi connectivity index (χ3n) is 10.2. The minimum atomic E-state index is -0.571. The van der Waals surface area contributed by atoms with E-state index >= 15 is 0 Å². The van der Waals surface area contributed by atoms with Crippen molar-refractivity contribution >= 4 is 32.4 Å². The van der Waals surface area contributed by atoms with Gasteiger partial charge in [-0.1, -0.05) is 93.6 Å². The van der Waals surface area contributed by atoms with Crippen LogP contribution in [0.4, 0.5) is 0 Å². The smallest absolute Gasteiger partial charge is 0.131 e. The van der Waals surface area contributed by atoms with Crippen molar-refractivity contribution in [2.75, 3.05) is 13.1 Å². The first-order chi connectivity index (χ1) is 19.8. The standard InChI is InChI=1S/C38H41N2O/c1-5-25-23-40(24-33-29-14-8-6-12-27(29)20-28-13-7-9-15-30(28)33)19-18-26(25)21-35(40)37(41)32-22-36(38(2,3)4)39-34-17-11-10-16-31(32)34/h5-17,20,22,25-26,35,37,41H,1,18-19,21,23-24H2,2-4H3/q+1/t25-,26-,35-,37+,40?/m0/s1. The van der Waals surface area contributed by atoms with E-state index in [4.69, 9.17) is 4.98 Å². The van der Waals surface area contributed by atoms with Gasteiger partial charge in [0.15, 0.2) is 0 Å². The topological polar surface area (TPSA) is 33.1 Å². The Morgan fingerprint density at radius 2 is 1.56 bits per heavy atom. The van der Waals surface area contributed by atoms with E-state index < -0.39 is 6.10 Å². The first-order valence-electron chi connectivity index (χ1n) is 15.2. The number of aliphatic hydroxyl groups is 1. The second-order valence-electron chi connectivity index (χ2n) is 13.6. The number of quaternary nitrogens is 1. The maximum absolute atomic E-state index is 12.5. The Labute approximate surface area is 243 Å². The summed E-state index contributed by atoms with van der Waals surface area (Å²) >= 11 is 0. The number of pyridine rings is 1. The Balaban J connectivity index is 1.40. The lowest BCUT2D eigenvalue weighted by molar-refractivity contribution is -0.984. The molecule has 208 valence electrons. The summed E-state index contributed by atoms with van der Waals surface area (Å²) in [6, 6.07) is 30.7. The van der Waals surface area contributed by atoms with Crippen molar-refractivity contribution in [3.63, 3.8) is 0 Å². The van der Waals surface area contributed by atoms with Crippen molar-refractivity contribution in [1.82, 2.24) is 4.98 Å². The number of nitrogens with zero attached hydrogens (tertiary/aromatic N) is 2. The average molecular weight is 542 g/mol. The largest absolute Gasteiger partial charge is 0.382 e. The molecule has 0 spiro atoms. The maximum Gasteiger partial charge on any atom is 0.131 e. The monoisotopic (exact) mass is 541 g/mol. The van der Waals surface area contributed by atoms with Gasteiger partial charge in [0.2, 0.25) is 0 Å². The minimum absolute atomic E-state index is 0.105. The van der Waals surface area contributed by atoms with Crippen LogP contribution in [0.5, 0.6) is 0 Å². The Bertz CT molecular complexity index is 1730. The quantitative estimate of drug-likeness (QED) is 0.137. The van der Waals surface area contributed by atoms with Crippen molar-refractivity contribution in [3.8, 4) is 0 Å². The van der Waals surface area contributed by atoms with Gasteiger partial charge >= 0.3 is 0 Å². The zero-order valence-corrected chi connectivity index (χ0v) is 24.6. The van der Waals surface area contributed by atoms with Gasteiger partial charge < -0.3 is 9.59 Å². The fourth-order valence-electron chi connectivity index (χ4n) is 8.01. The van der Waals surface area contributed by atoms with Crippen LogP contribution in [-0.4, -0.2) is 33.7 Å². The summed E-state index contributed by atoms with van der Waals surface area (Å²) < 4.78 is 0.897. The van der Waals surface area contributed by atoms with Crippen molar-refractivity contribution in [3.05, 3.63) is 114 Å². The molecule has 0 radical (unpaired) electrons. The molecule has 4 aromatic carbocycles. The molecule has 8 rings (SSSR count). The van der Waals surface area contributed by atoms with E-state index in [1.54, 1.807) is 0 Å². The van der Waals surface area contributed by atoms with Gasteiger partial charge in [-0.05, 0) is 51.2 Å². The molecular weight excluding hydrogens is 500 g/mol. The molecule has 2 bridgehead atoms. The van der Waals surface area contributed by atoms with Crippen molar-refractivity contribution in [1.29, 1.82) is 0 Å². The molecule has 0 aliphatic carbocycles. The first kappa shape index (κ1) is 26.4. The van der Waals surface area contributed by atoms with Crippen LogP contribution in [0.15, 0.2) is 97.6 Å². The van der Waals surface area contributed by atoms with Crippen molar-refractivity contribution in [2.24, 2.45) is 11.8 Å². The van der Waals surface area contributed by atoms with Crippen LogP contribution in [-0.2, 0) is 12.0 Å². The minimum Gasteiger partial charge on any atom is -0.382 e. The average Bonchev–Trinajstić information content (AvgIpc) is 2.99. The van der Waals surface area contributed by atoms with Crippen molar-refractivity contribution < 1.29 is 9.59 Å². The van der Waals surface area contributed by atoms with Crippen LogP contribution in [0, 0.1) is 11.8 Å². The molecule has 1 unspecified atom stereocenters. The van der Waals surface area contributed by atoms with E-state index in [9.17, 15) is 5.11 Å². The van der Waals surface area contributed by atoms with Gasteiger partial charge in [0.1, 0.15) is 18.7 Å². The summed E-state index contributed by atoms with van der Waals surface area (Å²) in [6.07, 6.45) is 3.83. The number of para-hydroxylation sites is 1. The van der Waals surface area contributed by atoms with Crippen LogP contribution >= 0.6 is 0 Å². The maximum atomic E-state index is 12.5. The van der Waals surface area contributed by atoms with Crippen LogP contribution in [0.3, 0.4) is 0 Å². The molecular formula is C38H41N2O+. The second-order valence-corrected chi connectivity index (χ2v) is 13.6. The zero-order chi connectivity index (χ0) is 28.4. The molecule has 1 N–H and O–H groups in total. The molecule has 4 heterocycles. The number of aromatic nitrogens is 1. The Hall–Kier alpha value is -3.53. The summed E-state index contributed by atoms with van der Waals surface area (Å²) in [7, 11) is 0. The molecule has 3 saturated heterocycles. The number of hydrogen-bond donors (Lipinski definition) is 1. The zero-order valence-electron chi connectivity index (χ0n) is 24.6. The fraction of sp³-hybridized carbons (Fsp3) is 0.342. The molecule has 3 fully saturated rings. The molecule has 1 aromatic heterocycles. The van der Waals surface area contributed by atoms with E-state index in [1.165, 1.54) is 33.5 Å². The molecule has 5 atom stereocenters. The van der Waals surface area contributed by atoms with Crippen LogP contribution < -0.4 is 0 Å². The Morgan fingerprint density at radius 1 is 0.927 bits per heavy atom. The highest BCUT2D eigenvalue weighted by molar-refractivity contribution is 6.02. The number of benzene rings is 4. The Morgan fingerprint density at radius 3 is 2.22 bits per heavy atom. The number of hydrogen-bond acceptors (Lipinski definition) is 2. The Kier molecular flexibility index (Phi) is 6.30. The highest BCUT2D eigenvalue weighted by Crippen LogP contribution is 2.49. The SMILES string of the molecule is C=C[C@H]1C[N+]2(Cc3c4ccccc4cc4ccccc34)CC[C@H]1C[C@H]2[C@H](O)c1cc(C(C)(C)C)nc2ccccc12. The van der Waals surface area contributed by atoms with Gasteiger partial charge in [-0.25, -0.2) is 0 Å². The van der Waals surface area contributed by atoms with Gasteiger partial charge in [0, 0.05) is 40.8 Å². The van der Waals surface area contributed by atoms with E-state index in [0.29, 0.717) is 11.8 Å². The highest BCUT2D eigenvalue weighted by atomic mass is 16.3. The van der Waals surface area contributed by atoms with Crippen LogP contribution in [0.2, 0.25) is 0 Å². The van der Waals surface area contributed by atoms with Gasteiger partial charge in [-0.2, -0.15) is 0 Å². The molecule has 3 aliphatic rings. The summed E-state index contributed by atoms with van der Waals surface area (Å²) in [5.41, 5.74) is 4.35. The number of fused-ring (bicyclic) bond motifs is 6. The second kappa shape index (κ2) is 9.79. The summed E-state index contributed by atoms with van der Waals surface area (Å²) in [6.45, 7) is 13.9. The van der Waals surface area contributed by atoms with Crippen molar-refractivity contribution in [2.45, 2.75) is 57.7 Å². The van der Waals surface area contributed by atoms with E-state index in [0.717, 1.165) is 52.7 Å². The molecule has 0 saturated carbocycles. The summed E-state index contributed by atoms with van der Waals surface area (Å²) in [5.74, 6) is 1.05. The lowest BCUT2D eigenvalue weighted by atomic mass is 9.70. The lowest BCUT2D eigenvalue weighted by Gasteiger charge is -2.58. The van der Waals surface area contributed by atoms with Crippen LogP contribution in [0.25, 0.3) is 32.4 Å². The third-order valence-corrected chi connectivity index (χ3v) is 10.2. The summed E-state index contributed by atoms with van der Waals surface area (Å²) in [4.78, 5) is 5.03. The van der Waals surface area contributed by atoms with E-state index in [2.05, 4.69) is 118 Å². The first-order valence-corrected chi connectivity index (χ1v) is 15.2. The normalized spacial score (nSPS) is 25.1. The van der Waals surface area contributed by atoms with E-state index in [1.807, 2.05) is 0 Å². The molecule has 0 amide bonds. The predicted molar refractivity (Wildman–Crippen MR) is 171 cm³/mol. The molecule has 41 heavy (non-hydrogen) atoms. The molecule has 3 aliphatic heterocycles. The molecule has 3 heteroatoms. The molecule has 3 nitrogen and oxygen atoms in total. The van der Waals surface area contributed by atoms with Gasteiger partial charge in [0.25, 0.3) is 0 Å². The number of piperidine rings is 3. The highest BCUT2D eigenvalue weighted by Gasteiger charge is 2.54. The number of aliphatic hydroxyl groups excluding tert-OH is 1. The number of rotatable bonds is 5. The van der Waals surface area contributed by atoms with E-state index in [-0.39, 0.29) is 11.5 Å². The van der Waals surface area contributed by atoms with Crippen LogP contribution in [0.1, 0.15) is 56.5 Å². The fourth-order valence-corrected chi connectivity index (χ4v) is 8.01.